The summed E-state index contributed by atoms with van der Waals surface area (Å²) in [4.78, 5) is 0. The summed E-state index contributed by atoms with van der Waals surface area (Å²) in [6.07, 6.45) is 0.924. The van der Waals surface area contributed by atoms with E-state index in [2.05, 4.69) is 45.3 Å². The predicted octanol–water partition coefficient (Wildman–Crippen LogP) is 3.87. The van der Waals surface area contributed by atoms with Crippen molar-refractivity contribution in [3.8, 4) is 11.5 Å². The maximum atomic E-state index is 5.78. The van der Waals surface area contributed by atoms with Crippen LogP contribution in [-0.4, -0.2) is 16.7 Å². The molecule has 102 valence electrons. The topological polar surface area (TPSA) is 51.0 Å². The highest BCUT2D eigenvalue weighted by molar-refractivity contribution is 9.10. The molecule has 0 bridgehead atoms. The number of halogens is 1. The zero-order valence-corrected chi connectivity index (χ0v) is 13.0. The van der Waals surface area contributed by atoms with Crippen molar-refractivity contribution in [2.45, 2.75) is 33.2 Å². The lowest BCUT2D eigenvalue weighted by Gasteiger charge is -2.10. The van der Waals surface area contributed by atoms with Crippen LogP contribution in [0.3, 0.4) is 0 Å². The number of nitrogens with zero attached hydrogens (tertiary/aromatic N) is 2. The Morgan fingerprint density at radius 3 is 2.68 bits per heavy atom. The third kappa shape index (κ3) is 3.42. The lowest BCUT2D eigenvalue weighted by Crippen LogP contribution is -2.20. The number of rotatable bonds is 5. The summed E-state index contributed by atoms with van der Waals surface area (Å²) >= 11 is 3.48. The summed E-state index contributed by atoms with van der Waals surface area (Å²) in [7, 11) is 0. The molecule has 19 heavy (non-hydrogen) atoms. The molecule has 0 saturated heterocycles. The molecule has 2 aromatic rings. The van der Waals surface area contributed by atoms with E-state index in [1.807, 2.05) is 25.1 Å². The maximum absolute atomic E-state index is 5.78. The van der Waals surface area contributed by atoms with Crippen LogP contribution < -0.4 is 5.32 Å². The lowest BCUT2D eigenvalue weighted by atomic mass is 10.1. The fraction of sp³-hybridized carbons (Fsp3) is 0.429. The molecule has 0 spiro atoms. The molecular formula is C14H18BrN3O. The molecule has 0 fully saturated rings. The van der Waals surface area contributed by atoms with E-state index in [-0.39, 0.29) is 6.04 Å². The van der Waals surface area contributed by atoms with E-state index in [1.54, 1.807) is 0 Å². The number of hydrogen-bond acceptors (Lipinski definition) is 4. The van der Waals surface area contributed by atoms with Gasteiger partial charge >= 0.3 is 0 Å². The maximum Gasteiger partial charge on any atom is 0.247 e. The number of nitrogens with one attached hydrogen (secondary N) is 1. The van der Waals surface area contributed by atoms with Gasteiger partial charge in [-0.1, -0.05) is 29.8 Å². The molecule has 0 aliphatic rings. The van der Waals surface area contributed by atoms with Gasteiger partial charge < -0.3 is 9.73 Å². The Kier molecular flexibility index (Phi) is 4.71. The molecule has 0 aliphatic carbocycles. The first-order valence-corrected chi connectivity index (χ1v) is 7.27. The number of aromatic nitrogens is 2. The average Bonchev–Trinajstić information content (AvgIpc) is 2.84. The second-order valence-electron chi connectivity index (χ2n) is 4.48. The van der Waals surface area contributed by atoms with Crippen LogP contribution in [0.15, 0.2) is 27.1 Å². The zero-order valence-electron chi connectivity index (χ0n) is 11.4. The van der Waals surface area contributed by atoms with Crippen LogP contribution in [0.25, 0.3) is 11.5 Å². The Hall–Kier alpha value is -1.20. The molecule has 0 amide bonds. The molecule has 1 N–H and O–H groups in total. The van der Waals surface area contributed by atoms with Gasteiger partial charge in [0.25, 0.3) is 0 Å². The Labute approximate surface area is 121 Å². The van der Waals surface area contributed by atoms with E-state index in [4.69, 9.17) is 4.42 Å². The minimum atomic E-state index is 0.125. The van der Waals surface area contributed by atoms with Gasteiger partial charge in [0.15, 0.2) is 0 Å². The van der Waals surface area contributed by atoms with Gasteiger partial charge in [-0.2, -0.15) is 0 Å². The van der Waals surface area contributed by atoms with Gasteiger partial charge in [-0.3, -0.25) is 0 Å². The van der Waals surface area contributed by atoms with Crippen LogP contribution in [0.4, 0.5) is 0 Å². The highest BCUT2D eigenvalue weighted by Crippen LogP contribution is 2.26. The molecule has 0 aliphatic heterocycles. The van der Waals surface area contributed by atoms with Crippen LogP contribution in [-0.2, 0) is 0 Å². The molecule has 2 rings (SSSR count). The van der Waals surface area contributed by atoms with Gasteiger partial charge in [-0.25, -0.2) is 0 Å². The van der Waals surface area contributed by atoms with Crippen molar-refractivity contribution in [2.24, 2.45) is 0 Å². The van der Waals surface area contributed by atoms with Crippen molar-refractivity contribution in [3.63, 3.8) is 0 Å². The number of hydrogen-bond donors (Lipinski definition) is 1. The molecule has 1 heterocycles. The normalized spacial score (nSPS) is 12.6. The Morgan fingerprint density at radius 1 is 1.26 bits per heavy atom. The van der Waals surface area contributed by atoms with E-state index >= 15 is 0 Å². The minimum Gasteiger partial charge on any atom is -0.419 e. The molecule has 4 nitrogen and oxygen atoms in total. The second-order valence-corrected chi connectivity index (χ2v) is 5.40. The van der Waals surface area contributed by atoms with E-state index < -0.39 is 0 Å². The molecule has 1 aromatic carbocycles. The zero-order chi connectivity index (χ0) is 13.8. The Balaban J connectivity index is 2.29. The third-order valence-corrected chi connectivity index (χ3v) is 3.34. The summed E-state index contributed by atoms with van der Waals surface area (Å²) in [5, 5.41) is 11.6. The second kappa shape index (κ2) is 6.30. The van der Waals surface area contributed by atoms with Gasteiger partial charge in [0.1, 0.15) is 0 Å². The Morgan fingerprint density at radius 2 is 2.05 bits per heavy atom. The monoisotopic (exact) mass is 323 g/mol. The highest BCUT2D eigenvalue weighted by atomic mass is 79.9. The highest BCUT2D eigenvalue weighted by Gasteiger charge is 2.16. The van der Waals surface area contributed by atoms with Crippen LogP contribution in [0.2, 0.25) is 0 Å². The Bertz CT molecular complexity index is 533. The summed E-state index contributed by atoms with van der Waals surface area (Å²) in [6, 6.07) is 6.20. The molecular weight excluding hydrogens is 306 g/mol. The van der Waals surface area contributed by atoms with E-state index in [0.717, 1.165) is 28.6 Å². The van der Waals surface area contributed by atoms with Crippen molar-refractivity contribution in [1.29, 1.82) is 0 Å². The largest absolute Gasteiger partial charge is 0.419 e. The SMILES string of the molecule is CCNC(CC)c1nnc(-c2cc(C)cc(Br)c2)o1. The smallest absolute Gasteiger partial charge is 0.247 e. The lowest BCUT2D eigenvalue weighted by molar-refractivity contribution is 0.402. The van der Waals surface area contributed by atoms with E-state index in [1.165, 1.54) is 0 Å². The quantitative estimate of drug-likeness (QED) is 0.907. The van der Waals surface area contributed by atoms with Crippen molar-refractivity contribution in [1.82, 2.24) is 15.5 Å². The molecule has 1 unspecified atom stereocenters. The fourth-order valence-corrected chi connectivity index (χ4v) is 2.61. The van der Waals surface area contributed by atoms with Gasteiger partial charge in [0.05, 0.1) is 6.04 Å². The molecule has 1 atom stereocenters. The van der Waals surface area contributed by atoms with E-state index in [9.17, 15) is 0 Å². The first kappa shape index (κ1) is 14.2. The van der Waals surface area contributed by atoms with Crippen molar-refractivity contribution in [2.75, 3.05) is 6.54 Å². The summed E-state index contributed by atoms with van der Waals surface area (Å²) in [5.41, 5.74) is 2.10. The van der Waals surface area contributed by atoms with Gasteiger partial charge in [-0.15, -0.1) is 10.2 Å². The van der Waals surface area contributed by atoms with Crippen LogP contribution in [0.1, 0.15) is 37.8 Å². The molecule has 0 saturated carbocycles. The first-order valence-electron chi connectivity index (χ1n) is 6.48. The van der Waals surface area contributed by atoms with Crippen molar-refractivity contribution in [3.05, 3.63) is 34.1 Å². The van der Waals surface area contributed by atoms with Gasteiger partial charge in [0.2, 0.25) is 11.8 Å². The van der Waals surface area contributed by atoms with Crippen LogP contribution in [0.5, 0.6) is 0 Å². The van der Waals surface area contributed by atoms with Gasteiger partial charge in [0, 0.05) is 10.0 Å². The third-order valence-electron chi connectivity index (χ3n) is 2.89. The fourth-order valence-electron chi connectivity index (χ4n) is 2.00. The summed E-state index contributed by atoms with van der Waals surface area (Å²) < 4.78 is 6.79. The summed E-state index contributed by atoms with van der Waals surface area (Å²) in [5.74, 6) is 1.22. The van der Waals surface area contributed by atoms with Crippen molar-refractivity contribution >= 4 is 15.9 Å². The predicted molar refractivity (Wildman–Crippen MR) is 78.9 cm³/mol. The first-order chi connectivity index (χ1) is 9.13. The molecule has 0 radical (unpaired) electrons. The average molecular weight is 324 g/mol. The number of aryl methyl sites for hydroxylation is 1. The van der Waals surface area contributed by atoms with Gasteiger partial charge in [-0.05, 0) is 43.7 Å². The molecule has 5 heteroatoms. The van der Waals surface area contributed by atoms with Crippen LogP contribution in [0, 0.1) is 6.92 Å². The van der Waals surface area contributed by atoms with E-state index in [0.29, 0.717) is 11.8 Å². The van der Waals surface area contributed by atoms with Crippen molar-refractivity contribution < 1.29 is 4.42 Å². The van der Waals surface area contributed by atoms with Crippen LogP contribution >= 0.6 is 15.9 Å². The summed E-state index contributed by atoms with van der Waals surface area (Å²) in [6.45, 7) is 7.09. The standard InChI is InChI=1S/C14H18BrN3O/c1-4-12(16-5-2)14-18-17-13(19-14)10-6-9(3)7-11(15)8-10/h6-8,12,16H,4-5H2,1-3H3. The molecule has 1 aromatic heterocycles. The minimum absolute atomic E-state index is 0.125. The number of benzene rings is 1.